The first-order valence-electron chi connectivity index (χ1n) is 9.38. The minimum Gasteiger partial charge on any atom is -0.508 e. The van der Waals surface area contributed by atoms with Crippen molar-refractivity contribution in [2.75, 3.05) is 25.0 Å². The summed E-state index contributed by atoms with van der Waals surface area (Å²) in [5.74, 6) is 0.224. The lowest BCUT2D eigenvalue weighted by atomic mass is 10.1. The molecule has 0 radical (unpaired) electrons. The molecule has 0 saturated carbocycles. The Balaban J connectivity index is 1.75. The molecule has 27 heavy (non-hydrogen) atoms. The molecular formula is C21H26ClN3O2. The van der Waals surface area contributed by atoms with E-state index in [1.165, 1.54) is 6.42 Å². The number of phenolic OH excluding ortho intramolecular Hbond substituents is 1. The molecule has 2 aromatic rings. The average molecular weight is 388 g/mol. The number of anilines is 1. The second kappa shape index (κ2) is 9.11. The smallest absolute Gasteiger partial charge is 0.322 e. The van der Waals surface area contributed by atoms with E-state index in [9.17, 15) is 9.90 Å². The number of hydrogen-bond donors (Lipinski definition) is 2. The standard InChI is InChI=1S/C21H26ClN3O2/c1-2-24-12-4-7-19(24)15-25(14-16-8-10-20(26)11-9-16)21(27)23-18-6-3-5-17(22)13-18/h3,5-6,8-11,13,19,26H,2,4,7,12,14-15H2,1H3,(H,23,27)/t19-/m1/s1. The Kier molecular flexibility index (Phi) is 6.58. The second-order valence-corrected chi connectivity index (χ2v) is 7.35. The number of hydrogen-bond acceptors (Lipinski definition) is 3. The van der Waals surface area contributed by atoms with Gasteiger partial charge in [-0.1, -0.05) is 36.7 Å². The molecule has 2 aromatic carbocycles. The van der Waals surface area contributed by atoms with E-state index in [1.807, 2.05) is 29.2 Å². The van der Waals surface area contributed by atoms with Gasteiger partial charge in [0.15, 0.2) is 0 Å². The van der Waals surface area contributed by atoms with Crippen molar-refractivity contribution in [3.05, 3.63) is 59.1 Å². The van der Waals surface area contributed by atoms with E-state index in [4.69, 9.17) is 11.6 Å². The minimum atomic E-state index is -0.145. The number of rotatable bonds is 6. The highest BCUT2D eigenvalue weighted by atomic mass is 35.5. The first kappa shape index (κ1) is 19.5. The van der Waals surface area contributed by atoms with E-state index in [-0.39, 0.29) is 11.8 Å². The number of carbonyl (C=O) groups excluding carboxylic acids is 1. The highest BCUT2D eigenvalue weighted by molar-refractivity contribution is 6.30. The van der Waals surface area contributed by atoms with E-state index >= 15 is 0 Å². The van der Waals surface area contributed by atoms with Crippen molar-refractivity contribution in [2.24, 2.45) is 0 Å². The first-order chi connectivity index (χ1) is 13.0. The summed E-state index contributed by atoms with van der Waals surface area (Å²) < 4.78 is 0. The van der Waals surface area contributed by atoms with Crippen LogP contribution in [0.5, 0.6) is 5.75 Å². The molecule has 1 saturated heterocycles. The van der Waals surface area contributed by atoms with E-state index in [0.717, 1.165) is 25.1 Å². The van der Waals surface area contributed by atoms with Gasteiger partial charge in [0, 0.05) is 29.8 Å². The van der Waals surface area contributed by atoms with Gasteiger partial charge in [0.25, 0.3) is 0 Å². The van der Waals surface area contributed by atoms with Crippen LogP contribution in [0.4, 0.5) is 10.5 Å². The Hall–Kier alpha value is -2.24. The number of benzene rings is 2. The topological polar surface area (TPSA) is 55.8 Å². The summed E-state index contributed by atoms with van der Waals surface area (Å²) >= 11 is 6.03. The fourth-order valence-corrected chi connectivity index (χ4v) is 3.77. The molecule has 5 nitrogen and oxygen atoms in total. The molecule has 0 aliphatic carbocycles. The zero-order chi connectivity index (χ0) is 19.2. The fourth-order valence-electron chi connectivity index (χ4n) is 3.58. The number of nitrogens with one attached hydrogen (secondary N) is 1. The monoisotopic (exact) mass is 387 g/mol. The zero-order valence-corrected chi connectivity index (χ0v) is 16.3. The molecule has 6 heteroatoms. The second-order valence-electron chi connectivity index (χ2n) is 6.91. The van der Waals surface area contributed by atoms with Crippen molar-refractivity contribution >= 4 is 23.3 Å². The Morgan fingerprint density at radius 1 is 1.30 bits per heavy atom. The molecule has 3 rings (SSSR count). The lowest BCUT2D eigenvalue weighted by molar-refractivity contribution is 0.175. The van der Waals surface area contributed by atoms with Gasteiger partial charge in [-0.25, -0.2) is 4.79 Å². The Bertz CT molecular complexity index is 766. The third kappa shape index (κ3) is 5.37. The summed E-state index contributed by atoms with van der Waals surface area (Å²) in [6.45, 7) is 5.40. The van der Waals surface area contributed by atoms with Crippen molar-refractivity contribution in [2.45, 2.75) is 32.4 Å². The third-order valence-electron chi connectivity index (χ3n) is 5.01. The largest absolute Gasteiger partial charge is 0.508 e. The molecule has 0 bridgehead atoms. The van der Waals surface area contributed by atoms with Gasteiger partial charge in [-0.05, 0) is 61.8 Å². The summed E-state index contributed by atoms with van der Waals surface area (Å²) in [4.78, 5) is 17.2. The van der Waals surface area contributed by atoms with Gasteiger partial charge in [-0.3, -0.25) is 4.90 Å². The Morgan fingerprint density at radius 2 is 2.07 bits per heavy atom. The summed E-state index contributed by atoms with van der Waals surface area (Å²) in [7, 11) is 0. The number of urea groups is 1. The van der Waals surface area contributed by atoms with Crippen molar-refractivity contribution < 1.29 is 9.90 Å². The van der Waals surface area contributed by atoms with Crippen LogP contribution < -0.4 is 5.32 Å². The molecule has 2 N–H and O–H groups in total. The van der Waals surface area contributed by atoms with Crippen LogP contribution in [-0.2, 0) is 6.54 Å². The molecule has 1 heterocycles. The van der Waals surface area contributed by atoms with Gasteiger partial charge in [0.2, 0.25) is 0 Å². The molecule has 1 fully saturated rings. The molecule has 0 unspecified atom stereocenters. The average Bonchev–Trinajstić information content (AvgIpc) is 3.10. The summed E-state index contributed by atoms with van der Waals surface area (Å²) in [5.41, 5.74) is 1.66. The number of carbonyl (C=O) groups is 1. The number of likely N-dealkylation sites (tertiary alicyclic amines) is 1. The van der Waals surface area contributed by atoms with Gasteiger partial charge in [0.05, 0.1) is 0 Å². The van der Waals surface area contributed by atoms with Crippen molar-refractivity contribution in [3.63, 3.8) is 0 Å². The molecule has 1 atom stereocenters. The normalized spacial score (nSPS) is 17.0. The van der Waals surface area contributed by atoms with Crippen molar-refractivity contribution in [1.82, 2.24) is 9.80 Å². The number of phenols is 1. The van der Waals surface area contributed by atoms with E-state index in [2.05, 4.69) is 17.1 Å². The number of halogens is 1. The highest BCUT2D eigenvalue weighted by Crippen LogP contribution is 2.21. The Labute approximate surface area is 165 Å². The van der Waals surface area contributed by atoms with Crippen LogP contribution in [-0.4, -0.2) is 46.6 Å². The predicted octanol–water partition coefficient (Wildman–Crippen LogP) is 4.56. The van der Waals surface area contributed by atoms with Gasteiger partial charge < -0.3 is 15.3 Å². The van der Waals surface area contributed by atoms with Gasteiger partial charge >= 0.3 is 6.03 Å². The molecule has 144 valence electrons. The molecule has 1 aliphatic heterocycles. The van der Waals surface area contributed by atoms with Crippen LogP contribution in [0.25, 0.3) is 0 Å². The SMILES string of the molecule is CCN1CCC[C@@H]1CN(Cc1ccc(O)cc1)C(=O)Nc1cccc(Cl)c1. The van der Waals surface area contributed by atoms with Crippen molar-refractivity contribution in [1.29, 1.82) is 0 Å². The summed E-state index contributed by atoms with van der Waals surface area (Å²) in [5, 5.41) is 13.0. The number of aromatic hydroxyl groups is 1. The van der Waals surface area contributed by atoms with E-state index in [1.54, 1.807) is 24.3 Å². The predicted molar refractivity (Wildman–Crippen MR) is 109 cm³/mol. The van der Waals surface area contributed by atoms with Crippen LogP contribution in [0, 0.1) is 0 Å². The van der Waals surface area contributed by atoms with Gasteiger partial charge in [-0.2, -0.15) is 0 Å². The van der Waals surface area contributed by atoms with E-state index in [0.29, 0.717) is 29.8 Å². The van der Waals surface area contributed by atoms with E-state index < -0.39 is 0 Å². The maximum absolute atomic E-state index is 13.0. The molecule has 0 aromatic heterocycles. The lowest BCUT2D eigenvalue weighted by Crippen LogP contribution is -2.44. The Morgan fingerprint density at radius 3 is 2.78 bits per heavy atom. The third-order valence-corrected chi connectivity index (χ3v) is 5.24. The van der Waals surface area contributed by atoms with Crippen molar-refractivity contribution in [3.8, 4) is 5.75 Å². The first-order valence-corrected chi connectivity index (χ1v) is 9.76. The number of likely N-dealkylation sites (N-methyl/N-ethyl adjacent to an activating group) is 1. The van der Waals surface area contributed by atoms with Gasteiger partial charge in [0.1, 0.15) is 5.75 Å². The van der Waals surface area contributed by atoms with Crippen LogP contribution in [0.1, 0.15) is 25.3 Å². The fraction of sp³-hybridized carbons (Fsp3) is 0.381. The van der Waals surface area contributed by atoms with Crippen LogP contribution in [0.15, 0.2) is 48.5 Å². The van der Waals surface area contributed by atoms with Crippen LogP contribution in [0.3, 0.4) is 0 Å². The summed E-state index contributed by atoms with van der Waals surface area (Å²) in [6, 6.07) is 14.4. The maximum Gasteiger partial charge on any atom is 0.322 e. The lowest BCUT2D eigenvalue weighted by Gasteiger charge is -2.30. The number of amides is 2. The maximum atomic E-state index is 13.0. The number of nitrogens with zero attached hydrogens (tertiary/aromatic N) is 2. The zero-order valence-electron chi connectivity index (χ0n) is 15.6. The molecule has 1 aliphatic rings. The quantitative estimate of drug-likeness (QED) is 0.763. The molecule has 2 amide bonds. The molecular weight excluding hydrogens is 362 g/mol. The van der Waals surface area contributed by atoms with Crippen LogP contribution >= 0.6 is 11.6 Å². The van der Waals surface area contributed by atoms with Gasteiger partial charge in [-0.15, -0.1) is 0 Å². The minimum absolute atomic E-state index is 0.145. The summed E-state index contributed by atoms with van der Waals surface area (Å²) in [6.07, 6.45) is 2.27. The van der Waals surface area contributed by atoms with Crippen LogP contribution in [0.2, 0.25) is 5.02 Å². The molecule has 0 spiro atoms. The highest BCUT2D eigenvalue weighted by Gasteiger charge is 2.27.